The molecule has 0 unspecified atom stereocenters. The van der Waals surface area contributed by atoms with Crippen LogP contribution >= 0.6 is 15.9 Å². The SMILES string of the molecule is Brc1ccccc1Cn1cc(N(c2ccccc2)c2ccccc2)nn1. The second-order valence-corrected chi connectivity index (χ2v) is 6.73. The molecule has 26 heavy (non-hydrogen) atoms. The van der Waals surface area contributed by atoms with E-state index in [0.29, 0.717) is 6.54 Å². The maximum atomic E-state index is 4.42. The Morgan fingerprint density at radius 1 is 0.769 bits per heavy atom. The van der Waals surface area contributed by atoms with Crippen LogP contribution in [-0.4, -0.2) is 15.0 Å². The quantitative estimate of drug-likeness (QED) is 0.436. The Kier molecular flexibility index (Phi) is 4.80. The molecular weight excluding hydrogens is 388 g/mol. The van der Waals surface area contributed by atoms with Crippen molar-refractivity contribution in [2.45, 2.75) is 6.54 Å². The van der Waals surface area contributed by atoms with Crippen molar-refractivity contribution < 1.29 is 0 Å². The van der Waals surface area contributed by atoms with E-state index >= 15 is 0 Å². The fourth-order valence-corrected chi connectivity index (χ4v) is 3.25. The van der Waals surface area contributed by atoms with Gasteiger partial charge in [0.15, 0.2) is 5.82 Å². The second kappa shape index (κ2) is 7.54. The molecule has 4 rings (SSSR count). The van der Waals surface area contributed by atoms with E-state index in [1.54, 1.807) is 0 Å². The summed E-state index contributed by atoms with van der Waals surface area (Å²) in [4.78, 5) is 2.10. The van der Waals surface area contributed by atoms with Gasteiger partial charge in [-0.05, 0) is 35.9 Å². The minimum Gasteiger partial charge on any atom is -0.292 e. The van der Waals surface area contributed by atoms with E-state index in [1.807, 2.05) is 65.5 Å². The van der Waals surface area contributed by atoms with Gasteiger partial charge in [0.2, 0.25) is 0 Å². The van der Waals surface area contributed by atoms with Gasteiger partial charge >= 0.3 is 0 Å². The first-order valence-electron chi connectivity index (χ1n) is 8.35. The highest BCUT2D eigenvalue weighted by molar-refractivity contribution is 9.10. The van der Waals surface area contributed by atoms with Crippen molar-refractivity contribution in [3.8, 4) is 0 Å². The molecule has 5 heteroatoms. The molecule has 0 aliphatic rings. The van der Waals surface area contributed by atoms with E-state index in [0.717, 1.165) is 27.2 Å². The zero-order chi connectivity index (χ0) is 17.8. The van der Waals surface area contributed by atoms with Crippen LogP contribution in [0.1, 0.15) is 5.56 Å². The van der Waals surface area contributed by atoms with Crippen LogP contribution in [-0.2, 0) is 6.54 Å². The highest BCUT2D eigenvalue weighted by atomic mass is 79.9. The minimum absolute atomic E-state index is 0.659. The van der Waals surface area contributed by atoms with Gasteiger partial charge in [-0.1, -0.05) is 75.7 Å². The van der Waals surface area contributed by atoms with E-state index < -0.39 is 0 Å². The van der Waals surface area contributed by atoms with E-state index in [9.17, 15) is 0 Å². The lowest BCUT2D eigenvalue weighted by Gasteiger charge is -2.21. The second-order valence-electron chi connectivity index (χ2n) is 5.87. The number of anilines is 3. The van der Waals surface area contributed by atoms with Gasteiger partial charge < -0.3 is 0 Å². The van der Waals surface area contributed by atoms with Crippen molar-refractivity contribution in [3.63, 3.8) is 0 Å². The lowest BCUT2D eigenvalue weighted by molar-refractivity contribution is 0.648. The maximum Gasteiger partial charge on any atom is 0.180 e. The molecule has 0 saturated heterocycles. The monoisotopic (exact) mass is 404 g/mol. The van der Waals surface area contributed by atoms with Crippen molar-refractivity contribution in [2.24, 2.45) is 0 Å². The number of hydrogen-bond donors (Lipinski definition) is 0. The van der Waals surface area contributed by atoms with Crippen molar-refractivity contribution in [1.29, 1.82) is 0 Å². The van der Waals surface area contributed by atoms with Crippen molar-refractivity contribution in [2.75, 3.05) is 4.90 Å². The Morgan fingerprint density at radius 2 is 1.35 bits per heavy atom. The van der Waals surface area contributed by atoms with Gasteiger partial charge in [0, 0.05) is 15.8 Å². The zero-order valence-electron chi connectivity index (χ0n) is 14.0. The molecule has 0 atom stereocenters. The summed E-state index contributed by atoms with van der Waals surface area (Å²) in [6, 6.07) is 28.5. The first-order valence-corrected chi connectivity index (χ1v) is 9.14. The Bertz CT molecular complexity index is 944. The number of hydrogen-bond acceptors (Lipinski definition) is 3. The lowest BCUT2D eigenvalue weighted by atomic mass is 10.2. The van der Waals surface area contributed by atoms with Crippen molar-refractivity contribution in [1.82, 2.24) is 15.0 Å². The summed E-state index contributed by atoms with van der Waals surface area (Å²) in [5.74, 6) is 0.787. The largest absolute Gasteiger partial charge is 0.292 e. The average Bonchev–Trinajstić information content (AvgIpc) is 3.14. The fraction of sp³-hybridized carbons (Fsp3) is 0.0476. The molecule has 0 saturated carbocycles. The average molecular weight is 405 g/mol. The summed E-state index contributed by atoms with van der Waals surface area (Å²) < 4.78 is 2.92. The summed E-state index contributed by atoms with van der Waals surface area (Å²) in [6.07, 6.45) is 1.97. The molecule has 1 heterocycles. The highest BCUT2D eigenvalue weighted by Crippen LogP contribution is 2.32. The molecular formula is C21H17BrN4. The van der Waals surface area contributed by atoms with Gasteiger partial charge in [0.25, 0.3) is 0 Å². The van der Waals surface area contributed by atoms with Crippen LogP contribution in [0.3, 0.4) is 0 Å². The number of aromatic nitrogens is 3. The first-order chi connectivity index (χ1) is 12.8. The third-order valence-corrected chi connectivity index (χ3v) is 4.85. The van der Waals surface area contributed by atoms with Crippen LogP contribution < -0.4 is 4.90 Å². The summed E-state index contributed by atoms with van der Waals surface area (Å²) in [5, 5.41) is 8.75. The predicted molar refractivity (Wildman–Crippen MR) is 108 cm³/mol. The Morgan fingerprint density at radius 3 is 1.96 bits per heavy atom. The van der Waals surface area contributed by atoms with E-state index in [4.69, 9.17) is 0 Å². The summed E-state index contributed by atoms with van der Waals surface area (Å²) in [7, 11) is 0. The topological polar surface area (TPSA) is 34.0 Å². The smallest absolute Gasteiger partial charge is 0.180 e. The lowest BCUT2D eigenvalue weighted by Crippen LogP contribution is -2.10. The van der Waals surface area contributed by atoms with Crippen LogP contribution in [0.4, 0.5) is 17.2 Å². The number of rotatable bonds is 5. The third kappa shape index (κ3) is 3.53. The molecule has 0 aliphatic heterocycles. The molecule has 128 valence electrons. The molecule has 0 aliphatic carbocycles. The van der Waals surface area contributed by atoms with Gasteiger partial charge in [0.1, 0.15) is 0 Å². The Labute approximate surface area is 160 Å². The van der Waals surface area contributed by atoms with Gasteiger partial charge in [0.05, 0.1) is 12.7 Å². The van der Waals surface area contributed by atoms with Crippen LogP contribution in [0.15, 0.2) is 95.6 Å². The van der Waals surface area contributed by atoms with E-state index in [2.05, 4.69) is 61.5 Å². The van der Waals surface area contributed by atoms with Gasteiger partial charge in [-0.15, -0.1) is 5.10 Å². The maximum absolute atomic E-state index is 4.42. The minimum atomic E-state index is 0.659. The molecule has 1 aromatic heterocycles. The zero-order valence-corrected chi connectivity index (χ0v) is 15.6. The molecule has 0 radical (unpaired) electrons. The van der Waals surface area contributed by atoms with Crippen LogP contribution in [0.25, 0.3) is 0 Å². The van der Waals surface area contributed by atoms with Crippen molar-refractivity contribution in [3.05, 3.63) is 101 Å². The van der Waals surface area contributed by atoms with Crippen molar-refractivity contribution >= 4 is 33.1 Å². The van der Waals surface area contributed by atoms with Gasteiger partial charge in [-0.25, -0.2) is 4.68 Å². The normalized spacial score (nSPS) is 10.7. The van der Waals surface area contributed by atoms with Crippen LogP contribution in [0.5, 0.6) is 0 Å². The molecule has 0 amide bonds. The predicted octanol–water partition coefficient (Wildman–Crippen LogP) is 5.56. The molecule has 0 bridgehead atoms. The van der Waals surface area contributed by atoms with E-state index in [1.165, 1.54) is 0 Å². The van der Waals surface area contributed by atoms with E-state index in [-0.39, 0.29) is 0 Å². The number of halogens is 1. The molecule has 0 N–H and O–H groups in total. The third-order valence-electron chi connectivity index (χ3n) is 4.07. The van der Waals surface area contributed by atoms with Gasteiger partial charge in [-0.3, -0.25) is 4.90 Å². The molecule has 4 nitrogen and oxygen atoms in total. The first kappa shape index (κ1) is 16.5. The summed E-state index contributed by atoms with van der Waals surface area (Å²) in [5.41, 5.74) is 3.26. The van der Waals surface area contributed by atoms with Gasteiger partial charge in [-0.2, -0.15) is 0 Å². The molecule has 3 aromatic carbocycles. The summed E-state index contributed by atoms with van der Waals surface area (Å²) >= 11 is 3.59. The molecule has 0 fully saturated rings. The van der Waals surface area contributed by atoms with Crippen LogP contribution in [0.2, 0.25) is 0 Å². The number of nitrogens with zero attached hydrogens (tertiary/aromatic N) is 4. The number of para-hydroxylation sites is 2. The standard InChI is InChI=1S/C21H17BrN4/c22-20-14-8-7-9-17(20)15-25-16-21(23-24-25)26(18-10-3-1-4-11-18)19-12-5-2-6-13-19/h1-14,16H,15H2. The Balaban J connectivity index is 1.69. The number of benzene rings is 3. The van der Waals surface area contributed by atoms with Crippen LogP contribution in [0, 0.1) is 0 Å². The molecule has 0 spiro atoms. The molecule has 4 aromatic rings. The Hall–Kier alpha value is -2.92. The fourth-order valence-electron chi connectivity index (χ4n) is 2.84. The highest BCUT2D eigenvalue weighted by Gasteiger charge is 2.15. The summed E-state index contributed by atoms with van der Waals surface area (Å²) in [6.45, 7) is 0.659.